The molecule has 1 aliphatic heterocycles. The van der Waals surface area contributed by atoms with Gasteiger partial charge in [0.2, 0.25) is 0 Å². The van der Waals surface area contributed by atoms with E-state index in [-0.39, 0.29) is 10.6 Å². The Morgan fingerprint density at radius 2 is 1.63 bits per heavy atom. The van der Waals surface area contributed by atoms with Crippen molar-refractivity contribution in [3.05, 3.63) is 70.3 Å². The second-order valence-corrected chi connectivity index (χ2v) is 6.95. The third-order valence-corrected chi connectivity index (χ3v) is 4.88. The van der Waals surface area contributed by atoms with Crippen molar-refractivity contribution >= 4 is 23.1 Å². The van der Waals surface area contributed by atoms with E-state index < -0.39 is 0 Å². The normalized spacial score (nSPS) is 15.3. The topological polar surface area (TPSA) is 52.9 Å². The first-order chi connectivity index (χ1) is 13.0. The lowest BCUT2D eigenvalue weighted by atomic mass is 10.2. The van der Waals surface area contributed by atoms with Gasteiger partial charge in [0.1, 0.15) is 0 Å². The first-order valence-electron chi connectivity index (χ1n) is 9.18. The van der Waals surface area contributed by atoms with Gasteiger partial charge in [0.15, 0.2) is 0 Å². The molecule has 0 bridgehead atoms. The Balaban J connectivity index is 1.47. The summed E-state index contributed by atoms with van der Waals surface area (Å²) in [5.41, 5.74) is 3.61. The summed E-state index contributed by atoms with van der Waals surface area (Å²) in [4.78, 5) is 17.2. The van der Waals surface area contributed by atoms with Crippen LogP contribution in [0.15, 0.2) is 54.6 Å². The van der Waals surface area contributed by atoms with Crippen LogP contribution in [-0.4, -0.2) is 56.6 Å². The fourth-order valence-corrected chi connectivity index (χ4v) is 3.20. The number of hydrogen-bond donors (Lipinski definition) is 0. The van der Waals surface area contributed by atoms with E-state index in [0.717, 1.165) is 38.4 Å². The fourth-order valence-electron chi connectivity index (χ4n) is 3.20. The third kappa shape index (κ3) is 5.08. The van der Waals surface area contributed by atoms with Crippen LogP contribution in [0.1, 0.15) is 5.56 Å². The summed E-state index contributed by atoms with van der Waals surface area (Å²) < 4.78 is 0. The predicted molar refractivity (Wildman–Crippen MR) is 112 cm³/mol. The molecule has 0 aromatic heterocycles. The average Bonchev–Trinajstić information content (AvgIpc) is 2.69. The van der Waals surface area contributed by atoms with E-state index in [2.05, 4.69) is 51.1 Å². The lowest BCUT2D eigenvalue weighted by Gasteiger charge is -2.35. The van der Waals surface area contributed by atoms with E-state index in [4.69, 9.17) is 0 Å². The summed E-state index contributed by atoms with van der Waals surface area (Å²) >= 11 is 0. The van der Waals surface area contributed by atoms with Crippen LogP contribution >= 0.6 is 0 Å². The molecule has 3 rings (SSSR count). The number of hydrogen-bond acceptors (Lipinski definition) is 5. The SMILES string of the molecule is CN(C)c1ccc(/C=C/CN2CCN(c3ccc([N+](=O)[O-])cc3)CC2)cc1. The largest absolute Gasteiger partial charge is 0.378 e. The summed E-state index contributed by atoms with van der Waals surface area (Å²) in [7, 11) is 4.09. The van der Waals surface area contributed by atoms with Crippen LogP contribution in [0.5, 0.6) is 0 Å². The van der Waals surface area contributed by atoms with E-state index in [9.17, 15) is 10.1 Å². The highest BCUT2D eigenvalue weighted by molar-refractivity contribution is 5.55. The summed E-state index contributed by atoms with van der Waals surface area (Å²) in [6.07, 6.45) is 4.38. The molecule has 2 aromatic carbocycles. The van der Waals surface area contributed by atoms with Gasteiger partial charge in [-0.1, -0.05) is 24.3 Å². The third-order valence-electron chi connectivity index (χ3n) is 4.88. The van der Waals surface area contributed by atoms with E-state index in [1.807, 2.05) is 26.2 Å². The Kier molecular flexibility index (Phi) is 6.08. The molecule has 2 aromatic rings. The van der Waals surface area contributed by atoms with E-state index >= 15 is 0 Å². The van der Waals surface area contributed by atoms with Crippen LogP contribution in [0.3, 0.4) is 0 Å². The van der Waals surface area contributed by atoms with Gasteiger partial charge >= 0.3 is 0 Å². The Morgan fingerprint density at radius 1 is 1.00 bits per heavy atom. The van der Waals surface area contributed by atoms with Crippen LogP contribution < -0.4 is 9.80 Å². The highest BCUT2D eigenvalue weighted by atomic mass is 16.6. The highest BCUT2D eigenvalue weighted by Gasteiger charge is 2.17. The fraction of sp³-hybridized carbons (Fsp3) is 0.333. The summed E-state index contributed by atoms with van der Waals surface area (Å²) in [6, 6.07) is 15.4. The number of nitro groups is 1. The van der Waals surface area contributed by atoms with Crippen molar-refractivity contribution in [2.75, 3.05) is 56.6 Å². The molecule has 27 heavy (non-hydrogen) atoms. The minimum atomic E-state index is -0.359. The molecule has 0 aliphatic carbocycles. The number of piperazine rings is 1. The Morgan fingerprint density at radius 3 is 2.19 bits per heavy atom. The van der Waals surface area contributed by atoms with Crippen molar-refractivity contribution in [2.45, 2.75) is 0 Å². The van der Waals surface area contributed by atoms with Gasteiger partial charge in [0.05, 0.1) is 4.92 Å². The zero-order valence-electron chi connectivity index (χ0n) is 15.9. The van der Waals surface area contributed by atoms with Crippen LogP contribution in [-0.2, 0) is 0 Å². The first-order valence-corrected chi connectivity index (χ1v) is 9.18. The van der Waals surface area contributed by atoms with Crippen molar-refractivity contribution in [3.63, 3.8) is 0 Å². The molecular formula is C21H26N4O2. The molecule has 0 spiro atoms. The molecule has 0 N–H and O–H groups in total. The van der Waals surface area contributed by atoms with Crippen LogP contribution in [0, 0.1) is 10.1 Å². The summed E-state index contributed by atoms with van der Waals surface area (Å²) in [5.74, 6) is 0. The van der Waals surface area contributed by atoms with Gasteiger partial charge in [-0.3, -0.25) is 15.0 Å². The van der Waals surface area contributed by atoms with E-state index in [1.165, 1.54) is 11.3 Å². The van der Waals surface area contributed by atoms with Crippen LogP contribution in [0.25, 0.3) is 6.08 Å². The number of anilines is 2. The Bertz CT molecular complexity index is 777. The smallest absolute Gasteiger partial charge is 0.269 e. The van der Waals surface area contributed by atoms with Gasteiger partial charge in [-0.15, -0.1) is 0 Å². The number of benzene rings is 2. The molecular weight excluding hydrogens is 340 g/mol. The standard InChI is InChI=1S/C21H26N4O2/c1-22(2)19-7-5-18(6-8-19)4-3-13-23-14-16-24(17-15-23)20-9-11-21(12-10-20)25(26)27/h3-12H,13-17H2,1-2H3/b4-3+. The number of nitro benzene ring substituents is 1. The predicted octanol–water partition coefficient (Wildman–Crippen LogP) is 3.50. The zero-order valence-corrected chi connectivity index (χ0v) is 15.9. The second-order valence-electron chi connectivity index (χ2n) is 6.95. The van der Waals surface area contributed by atoms with Gasteiger partial charge in [0, 0.05) is 70.3 Å². The first kappa shape index (κ1) is 18.9. The molecule has 1 heterocycles. The van der Waals surface area contributed by atoms with Gasteiger partial charge in [0.25, 0.3) is 5.69 Å². The molecule has 0 unspecified atom stereocenters. The van der Waals surface area contributed by atoms with Gasteiger partial charge in [-0.05, 0) is 29.8 Å². The minimum Gasteiger partial charge on any atom is -0.378 e. The maximum absolute atomic E-state index is 10.8. The van der Waals surface area contributed by atoms with Crippen molar-refractivity contribution in [3.8, 4) is 0 Å². The number of non-ortho nitro benzene ring substituents is 1. The maximum Gasteiger partial charge on any atom is 0.269 e. The van der Waals surface area contributed by atoms with E-state index in [1.54, 1.807) is 12.1 Å². The monoisotopic (exact) mass is 366 g/mol. The Hall–Kier alpha value is -2.86. The average molecular weight is 366 g/mol. The molecule has 6 nitrogen and oxygen atoms in total. The van der Waals surface area contributed by atoms with E-state index in [0.29, 0.717) is 0 Å². The molecule has 6 heteroatoms. The minimum absolute atomic E-state index is 0.140. The summed E-state index contributed by atoms with van der Waals surface area (Å²) in [5, 5.41) is 10.8. The molecule has 1 fully saturated rings. The van der Waals surface area contributed by atoms with Crippen molar-refractivity contribution in [1.29, 1.82) is 0 Å². The van der Waals surface area contributed by atoms with Gasteiger partial charge < -0.3 is 9.80 Å². The summed E-state index contributed by atoms with van der Waals surface area (Å²) in [6.45, 7) is 4.78. The molecule has 0 atom stereocenters. The van der Waals surface area contributed by atoms with Crippen molar-refractivity contribution in [2.24, 2.45) is 0 Å². The number of rotatable bonds is 6. The number of nitrogens with zero attached hydrogens (tertiary/aromatic N) is 4. The molecule has 1 saturated heterocycles. The molecule has 1 aliphatic rings. The highest BCUT2D eigenvalue weighted by Crippen LogP contribution is 2.20. The van der Waals surface area contributed by atoms with Crippen molar-refractivity contribution in [1.82, 2.24) is 4.90 Å². The Labute approximate surface area is 160 Å². The molecule has 0 radical (unpaired) electrons. The van der Waals surface area contributed by atoms with Crippen LogP contribution in [0.2, 0.25) is 0 Å². The lowest BCUT2D eigenvalue weighted by Crippen LogP contribution is -2.46. The second kappa shape index (κ2) is 8.68. The van der Waals surface area contributed by atoms with Gasteiger partial charge in [-0.2, -0.15) is 0 Å². The quantitative estimate of drug-likeness (QED) is 0.579. The zero-order chi connectivity index (χ0) is 19.2. The van der Waals surface area contributed by atoms with Gasteiger partial charge in [-0.25, -0.2) is 0 Å². The molecule has 0 amide bonds. The van der Waals surface area contributed by atoms with Crippen molar-refractivity contribution < 1.29 is 4.92 Å². The molecule has 142 valence electrons. The van der Waals surface area contributed by atoms with Crippen LogP contribution in [0.4, 0.5) is 17.1 Å². The molecule has 0 saturated carbocycles. The maximum atomic E-state index is 10.8. The lowest BCUT2D eigenvalue weighted by molar-refractivity contribution is -0.384.